The van der Waals surface area contributed by atoms with E-state index in [0.29, 0.717) is 19.3 Å². The molecule has 21 heavy (non-hydrogen) atoms. The van der Waals surface area contributed by atoms with E-state index in [-0.39, 0.29) is 6.42 Å². The lowest BCUT2D eigenvalue weighted by atomic mass is 9.74. The minimum absolute atomic E-state index is 0.139. The molecule has 0 radical (unpaired) electrons. The fraction of sp³-hybridized carbons (Fsp3) is 0.882. The number of rotatable bonds is 14. The Bertz CT molecular complexity index is 289. The number of carbonyl (C=O) groups is 2. The molecule has 0 aromatic rings. The van der Waals surface area contributed by atoms with Gasteiger partial charge in [0.05, 0.1) is 5.41 Å². The highest BCUT2D eigenvalue weighted by Gasteiger charge is 2.36. The molecule has 4 heteroatoms. The van der Waals surface area contributed by atoms with Crippen LogP contribution in [0.2, 0.25) is 0 Å². The third-order valence-electron chi connectivity index (χ3n) is 4.27. The number of carboxylic acids is 2. The molecule has 0 spiro atoms. The average molecular weight is 300 g/mol. The molecule has 0 aliphatic carbocycles. The van der Waals surface area contributed by atoms with Gasteiger partial charge in [0.1, 0.15) is 0 Å². The fourth-order valence-electron chi connectivity index (χ4n) is 2.86. The van der Waals surface area contributed by atoms with Gasteiger partial charge in [-0.15, -0.1) is 0 Å². The quantitative estimate of drug-likeness (QED) is 0.449. The molecule has 0 fully saturated rings. The highest BCUT2D eigenvalue weighted by Crippen LogP contribution is 2.37. The van der Waals surface area contributed by atoms with Gasteiger partial charge in [-0.3, -0.25) is 9.59 Å². The summed E-state index contributed by atoms with van der Waals surface area (Å²) in [6.45, 7) is 4.23. The summed E-state index contributed by atoms with van der Waals surface area (Å²) in [6.07, 6.45) is 9.69. The summed E-state index contributed by atoms with van der Waals surface area (Å²) in [5, 5.41) is 18.4. The Labute approximate surface area is 128 Å². The molecule has 0 unspecified atom stereocenters. The van der Waals surface area contributed by atoms with Crippen LogP contribution < -0.4 is 0 Å². The third kappa shape index (κ3) is 8.74. The van der Waals surface area contributed by atoms with E-state index in [4.69, 9.17) is 5.11 Å². The van der Waals surface area contributed by atoms with Crippen LogP contribution in [0, 0.1) is 5.41 Å². The van der Waals surface area contributed by atoms with Crippen molar-refractivity contribution in [2.45, 2.75) is 90.9 Å². The molecule has 4 nitrogen and oxygen atoms in total. The van der Waals surface area contributed by atoms with Gasteiger partial charge < -0.3 is 10.2 Å². The van der Waals surface area contributed by atoms with Crippen molar-refractivity contribution in [1.82, 2.24) is 0 Å². The molecule has 0 saturated heterocycles. The van der Waals surface area contributed by atoms with Gasteiger partial charge in [0.2, 0.25) is 0 Å². The van der Waals surface area contributed by atoms with Crippen LogP contribution in [0.3, 0.4) is 0 Å². The first-order valence-electron chi connectivity index (χ1n) is 8.43. The smallest absolute Gasteiger partial charge is 0.309 e. The summed E-state index contributed by atoms with van der Waals surface area (Å²) in [5.74, 6) is -1.49. The highest BCUT2D eigenvalue weighted by molar-refractivity contribution is 5.74. The van der Waals surface area contributed by atoms with Gasteiger partial charge in [0.25, 0.3) is 0 Å². The lowest BCUT2D eigenvalue weighted by molar-refractivity contribution is -0.150. The van der Waals surface area contributed by atoms with Crippen molar-refractivity contribution in [3.05, 3.63) is 0 Å². The van der Waals surface area contributed by atoms with Gasteiger partial charge in [0, 0.05) is 6.42 Å². The molecule has 0 aromatic carbocycles. The van der Waals surface area contributed by atoms with Crippen molar-refractivity contribution in [2.75, 3.05) is 0 Å². The zero-order chi connectivity index (χ0) is 16.1. The van der Waals surface area contributed by atoms with Crippen LogP contribution in [0.25, 0.3) is 0 Å². The monoisotopic (exact) mass is 300 g/mol. The Morgan fingerprint density at radius 3 is 1.52 bits per heavy atom. The summed E-state index contributed by atoms with van der Waals surface area (Å²) in [4.78, 5) is 22.4. The molecule has 0 bridgehead atoms. The van der Waals surface area contributed by atoms with Crippen LogP contribution in [0.5, 0.6) is 0 Å². The van der Waals surface area contributed by atoms with Crippen LogP contribution in [0.1, 0.15) is 90.9 Å². The number of hydrogen-bond acceptors (Lipinski definition) is 2. The maximum Gasteiger partial charge on any atom is 0.309 e. The SMILES string of the molecule is CCCCCC(CCCCC)(CCCCC(=O)O)C(=O)O. The molecule has 0 rings (SSSR count). The number of unbranched alkanes of at least 4 members (excludes halogenated alkanes) is 5. The van der Waals surface area contributed by atoms with Gasteiger partial charge in [-0.2, -0.15) is 0 Å². The van der Waals surface area contributed by atoms with Gasteiger partial charge in [0.15, 0.2) is 0 Å². The molecule has 0 aromatic heterocycles. The largest absolute Gasteiger partial charge is 0.481 e. The van der Waals surface area contributed by atoms with Crippen molar-refractivity contribution in [1.29, 1.82) is 0 Å². The van der Waals surface area contributed by atoms with Crippen molar-refractivity contribution in [2.24, 2.45) is 5.41 Å². The molecular weight excluding hydrogens is 268 g/mol. The van der Waals surface area contributed by atoms with E-state index in [1.54, 1.807) is 0 Å². The Balaban J connectivity index is 4.57. The predicted molar refractivity (Wildman–Crippen MR) is 84.5 cm³/mol. The van der Waals surface area contributed by atoms with Crippen molar-refractivity contribution in [3.8, 4) is 0 Å². The molecule has 2 N–H and O–H groups in total. The standard InChI is InChI=1S/C17H32O4/c1-3-5-8-12-17(16(20)21,13-9-6-4-2)14-10-7-11-15(18)19/h3-14H2,1-2H3,(H,18,19)(H,20,21). The Morgan fingerprint density at radius 1 is 0.762 bits per heavy atom. The Morgan fingerprint density at radius 2 is 1.19 bits per heavy atom. The van der Waals surface area contributed by atoms with E-state index in [2.05, 4.69) is 13.8 Å². The van der Waals surface area contributed by atoms with Crippen molar-refractivity contribution in [3.63, 3.8) is 0 Å². The first kappa shape index (κ1) is 19.9. The van der Waals surface area contributed by atoms with Crippen molar-refractivity contribution < 1.29 is 19.8 Å². The van der Waals surface area contributed by atoms with Gasteiger partial charge >= 0.3 is 11.9 Å². The number of carboxylic acid groups (broad SMARTS) is 2. The second-order valence-electron chi connectivity index (χ2n) is 6.10. The Kier molecular flexibility index (Phi) is 11.0. The van der Waals surface area contributed by atoms with Gasteiger partial charge in [-0.05, 0) is 25.7 Å². The number of aliphatic carboxylic acids is 2. The van der Waals surface area contributed by atoms with E-state index < -0.39 is 17.4 Å². The van der Waals surface area contributed by atoms with Crippen LogP contribution >= 0.6 is 0 Å². The molecule has 0 aliphatic heterocycles. The van der Waals surface area contributed by atoms with E-state index >= 15 is 0 Å². The van der Waals surface area contributed by atoms with E-state index in [1.165, 1.54) is 0 Å². The zero-order valence-electron chi connectivity index (χ0n) is 13.7. The van der Waals surface area contributed by atoms with E-state index in [9.17, 15) is 14.7 Å². The van der Waals surface area contributed by atoms with Crippen LogP contribution in [-0.2, 0) is 9.59 Å². The summed E-state index contributed by atoms with van der Waals surface area (Å²) < 4.78 is 0. The minimum atomic E-state index is -0.798. The van der Waals surface area contributed by atoms with Crippen LogP contribution in [-0.4, -0.2) is 22.2 Å². The molecule has 0 heterocycles. The maximum atomic E-state index is 11.8. The second kappa shape index (κ2) is 11.6. The summed E-state index contributed by atoms with van der Waals surface area (Å²) in [5.41, 5.74) is -0.636. The van der Waals surface area contributed by atoms with E-state index in [1.807, 2.05) is 0 Å². The van der Waals surface area contributed by atoms with Gasteiger partial charge in [-0.25, -0.2) is 0 Å². The van der Waals surface area contributed by atoms with E-state index in [0.717, 1.165) is 51.4 Å². The third-order valence-corrected chi connectivity index (χ3v) is 4.27. The lowest BCUT2D eigenvalue weighted by Gasteiger charge is -2.30. The summed E-state index contributed by atoms with van der Waals surface area (Å²) in [7, 11) is 0. The minimum Gasteiger partial charge on any atom is -0.481 e. The van der Waals surface area contributed by atoms with Crippen molar-refractivity contribution >= 4 is 11.9 Å². The molecule has 0 atom stereocenters. The Hall–Kier alpha value is -1.06. The normalized spacial score (nSPS) is 11.5. The molecule has 0 aliphatic rings. The fourth-order valence-corrected chi connectivity index (χ4v) is 2.86. The first-order valence-corrected chi connectivity index (χ1v) is 8.43. The first-order chi connectivity index (χ1) is 9.98. The van der Waals surface area contributed by atoms with Crippen LogP contribution in [0.4, 0.5) is 0 Å². The molecule has 124 valence electrons. The lowest BCUT2D eigenvalue weighted by Crippen LogP contribution is -2.31. The average Bonchev–Trinajstić information content (AvgIpc) is 2.43. The second-order valence-corrected chi connectivity index (χ2v) is 6.10. The summed E-state index contributed by atoms with van der Waals surface area (Å²) >= 11 is 0. The molecule has 0 saturated carbocycles. The predicted octanol–water partition coefficient (Wildman–Crippen LogP) is 4.86. The van der Waals surface area contributed by atoms with Gasteiger partial charge in [-0.1, -0.05) is 58.8 Å². The maximum absolute atomic E-state index is 11.8. The molecular formula is C17H32O4. The van der Waals surface area contributed by atoms with Crippen LogP contribution in [0.15, 0.2) is 0 Å². The molecule has 0 amide bonds. The highest BCUT2D eigenvalue weighted by atomic mass is 16.4. The topological polar surface area (TPSA) is 74.6 Å². The zero-order valence-corrected chi connectivity index (χ0v) is 13.7. The number of hydrogen-bond donors (Lipinski definition) is 2. The summed E-state index contributed by atoms with van der Waals surface area (Å²) in [6, 6.07) is 0.